The molecule has 0 aliphatic heterocycles. The number of anilines is 1. The fourth-order valence-electron chi connectivity index (χ4n) is 2.88. The molecular weight excluding hydrogens is 338 g/mol. The van der Waals surface area contributed by atoms with Gasteiger partial charge in [0.05, 0.1) is 24.8 Å². The Labute approximate surface area is 157 Å². The van der Waals surface area contributed by atoms with Gasteiger partial charge in [0.25, 0.3) is 0 Å². The summed E-state index contributed by atoms with van der Waals surface area (Å²) in [6, 6.07) is 21.5. The first-order valence-electron chi connectivity index (χ1n) is 8.72. The molecule has 4 aromatic rings. The van der Waals surface area contributed by atoms with Crippen molar-refractivity contribution in [1.82, 2.24) is 19.6 Å². The maximum absolute atomic E-state index is 12.4. The molecule has 134 valence electrons. The summed E-state index contributed by atoms with van der Waals surface area (Å²) in [6.07, 6.45) is 5.61. The molecule has 0 unspecified atom stereocenters. The van der Waals surface area contributed by atoms with Gasteiger partial charge in [0.2, 0.25) is 5.91 Å². The van der Waals surface area contributed by atoms with Gasteiger partial charge in [-0.2, -0.15) is 10.2 Å². The number of benzene rings is 2. The SMILES string of the molecule is O=C(Cc1ccc(-n2cccn2)cc1)Nc1ccnn1Cc1ccccc1. The molecule has 0 aliphatic rings. The van der Waals surface area contributed by atoms with Gasteiger partial charge < -0.3 is 5.32 Å². The van der Waals surface area contributed by atoms with E-state index in [4.69, 9.17) is 0 Å². The van der Waals surface area contributed by atoms with Gasteiger partial charge >= 0.3 is 0 Å². The van der Waals surface area contributed by atoms with E-state index < -0.39 is 0 Å². The van der Waals surface area contributed by atoms with E-state index in [0.29, 0.717) is 18.8 Å². The number of carbonyl (C=O) groups is 1. The van der Waals surface area contributed by atoms with Crippen molar-refractivity contribution in [2.24, 2.45) is 0 Å². The summed E-state index contributed by atoms with van der Waals surface area (Å²) in [4.78, 5) is 12.4. The molecule has 0 bridgehead atoms. The summed E-state index contributed by atoms with van der Waals surface area (Å²) in [5, 5.41) is 11.4. The van der Waals surface area contributed by atoms with Crippen LogP contribution in [-0.2, 0) is 17.8 Å². The maximum Gasteiger partial charge on any atom is 0.229 e. The highest BCUT2D eigenvalue weighted by molar-refractivity contribution is 5.91. The third kappa shape index (κ3) is 4.12. The summed E-state index contributed by atoms with van der Waals surface area (Å²) >= 11 is 0. The fourth-order valence-corrected chi connectivity index (χ4v) is 2.88. The molecule has 0 fully saturated rings. The zero-order valence-electron chi connectivity index (χ0n) is 14.7. The predicted molar refractivity (Wildman–Crippen MR) is 104 cm³/mol. The molecule has 0 spiro atoms. The number of hydrogen-bond donors (Lipinski definition) is 1. The Morgan fingerprint density at radius 1 is 0.852 bits per heavy atom. The first-order chi connectivity index (χ1) is 13.3. The molecular formula is C21H19N5O. The first kappa shape index (κ1) is 16.8. The molecule has 4 rings (SSSR count). The number of amides is 1. The lowest BCUT2D eigenvalue weighted by atomic mass is 10.1. The van der Waals surface area contributed by atoms with E-state index >= 15 is 0 Å². The van der Waals surface area contributed by atoms with E-state index in [1.54, 1.807) is 21.8 Å². The summed E-state index contributed by atoms with van der Waals surface area (Å²) in [5.41, 5.74) is 3.04. The van der Waals surface area contributed by atoms with Crippen LogP contribution in [0, 0.1) is 0 Å². The van der Waals surface area contributed by atoms with Crippen molar-refractivity contribution in [1.29, 1.82) is 0 Å². The van der Waals surface area contributed by atoms with Gasteiger partial charge in [-0.1, -0.05) is 42.5 Å². The molecule has 2 aromatic carbocycles. The monoisotopic (exact) mass is 357 g/mol. The number of aromatic nitrogens is 4. The zero-order chi connectivity index (χ0) is 18.5. The summed E-state index contributed by atoms with van der Waals surface area (Å²) in [5.74, 6) is 0.619. The molecule has 6 heteroatoms. The van der Waals surface area contributed by atoms with Crippen LogP contribution in [-0.4, -0.2) is 25.5 Å². The van der Waals surface area contributed by atoms with Crippen LogP contribution < -0.4 is 5.32 Å². The minimum Gasteiger partial charge on any atom is -0.311 e. The molecule has 0 aliphatic carbocycles. The molecule has 2 heterocycles. The van der Waals surface area contributed by atoms with Crippen molar-refractivity contribution in [3.63, 3.8) is 0 Å². The molecule has 0 atom stereocenters. The molecule has 0 saturated heterocycles. The second-order valence-electron chi connectivity index (χ2n) is 6.20. The zero-order valence-corrected chi connectivity index (χ0v) is 14.7. The average Bonchev–Trinajstić information content (AvgIpc) is 3.36. The van der Waals surface area contributed by atoms with Crippen molar-refractivity contribution < 1.29 is 4.79 Å². The van der Waals surface area contributed by atoms with Crippen molar-refractivity contribution in [2.45, 2.75) is 13.0 Å². The smallest absolute Gasteiger partial charge is 0.229 e. The van der Waals surface area contributed by atoms with Crippen LogP contribution in [0.2, 0.25) is 0 Å². The van der Waals surface area contributed by atoms with Crippen LogP contribution in [0.15, 0.2) is 85.3 Å². The van der Waals surface area contributed by atoms with Crippen LogP contribution in [0.4, 0.5) is 5.82 Å². The van der Waals surface area contributed by atoms with Gasteiger partial charge in [0, 0.05) is 18.5 Å². The van der Waals surface area contributed by atoms with Gasteiger partial charge in [-0.3, -0.25) is 4.79 Å². The number of hydrogen-bond acceptors (Lipinski definition) is 3. The first-order valence-corrected chi connectivity index (χ1v) is 8.72. The van der Waals surface area contributed by atoms with E-state index in [9.17, 15) is 4.79 Å². The Morgan fingerprint density at radius 3 is 2.41 bits per heavy atom. The number of rotatable bonds is 6. The van der Waals surface area contributed by atoms with Crippen LogP contribution in [0.3, 0.4) is 0 Å². The predicted octanol–water partition coefficient (Wildman–Crippen LogP) is 3.30. The Balaban J connectivity index is 1.39. The minimum absolute atomic E-state index is 0.0725. The minimum atomic E-state index is -0.0725. The number of carbonyl (C=O) groups excluding carboxylic acids is 1. The Morgan fingerprint density at radius 2 is 1.67 bits per heavy atom. The third-order valence-electron chi connectivity index (χ3n) is 4.23. The van der Waals surface area contributed by atoms with E-state index in [0.717, 1.165) is 16.8 Å². The lowest BCUT2D eigenvalue weighted by Gasteiger charge is -2.09. The van der Waals surface area contributed by atoms with Crippen LogP contribution in [0.1, 0.15) is 11.1 Å². The average molecular weight is 357 g/mol. The van der Waals surface area contributed by atoms with E-state index in [1.807, 2.05) is 72.9 Å². The fraction of sp³-hybridized carbons (Fsp3) is 0.0952. The van der Waals surface area contributed by atoms with Crippen LogP contribution >= 0.6 is 0 Å². The van der Waals surface area contributed by atoms with E-state index in [2.05, 4.69) is 15.5 Å². The van der Waals surface area contributed by atoms with Crippen LogP contribution in [0.25, 0.3) is 5.69 Å². The molecule has 27 heavy (non-hydrogen) atoms. The normalized spacial score (nSPS) is 10.7. The maximum atomic E-state index is 12.4. The standard InChI is InChI=1S/C21H19N5O/c27-21(15-17-7-9-19(10-8-17)25-14-4-12-22-25)24-20-11-13-23-26(20)16-18-5-2-1-3-6-18/h1-14H,15-16H2,(H,24,27). The Kier molecular flexibility index (Phi) is 4.78. The van der Waals surface area contributed by atoms with Gasteiger partial charge in [0.1, 0.15) is 5.82 Å². The Bertz CT molecular complexity index is 1000. The highest BCUT2D eigenvalue weighted by Crippen LogP contribution is 2.12. The molecule has 1 N–H and O–H groups in total. The highest BCUT2D eigenvalue weighted by atomic mass is 16.1. The molecule has 1 amide bonds. The second kappa shape index (κ2) is 7.70. The topological polar surface area (TPSA) is 64.7 Å². The second-order valence-corrected chi connectivity index (χ2v) is 6.20. The lowest BCUT2D eigenvalue weighted by molar-refractivity contribution is -0.115. The quantitative estimate of drug-likeness (QED) is 0.576. The lowest BCUT2D eigenvalue weighted by Crippen LogP contribution is -2.18. The van der Waals surface area contributed by atoms with Gasteiger partial charge in [-0.15, -0.1) is 0 Å². The Hall–Kier alpha value is -3.67. The van der Waals surface area contributed by atoms with Crippen molar-refractivity contribution in [3.05, 3.63) is 96.4 Å². The molecule has 0 saturated carbocycles. The summed E-state index contributed by atoms with van der Waals surface area (Å²) in [7, 11) is 0. The number of nitrogens with one attached hydrogen (secondary N) is 1. The van der Waals surface area contributed by atoms with E-state index in [1.165, 1.54) is 0 Å². The van der Waals surface area contributed by atoms with Gasteiger partial charge in [-0.05, 0) is 29.3 Å². The van der Waals surface area contributed by atoms with Crippen molar-refractivity contribution in [2.75, 3.05) is 5.32 Å². The molecule has 6 nitrogen and oxygen atoms in total. The van der Waals surface area contributed by atoms with Gasteiger partial charge in [-0.25, -0.2) is 9.36 Å². The van der Waals surface area contributed by atoms with Crippen molar-refractivity contribution in [3.8, 4) is 5.69 Å². The van der Waals surface area contributed by atoms with E-state index in [-0.39, 0.29) is 5.91 Å². The molecule has 2 aromatic heterocycles. The summed E-state index contributed by atoms with van der Waals surface area (Å²) in [6.45, 7) is 0.613. The largest absolute Gasteiger partial charge is 0.311 e. The molecule has 0 radical (unpaired) electrons. The number of nitrogens with zero attached hydrogens (tertiary/aromatic N) is 4. The highest BCUT2D eigenvalue weighted by Gasteiger charge is 2.09. The summed E-state index contributed by atoms with van der Waals surface area (Å²) < 4.78 is 3.57. The van der Waals surface area contributed by atoms with Crippen LogP contribution in [0.5, 0.6) is 0 Å². The van der Waals surface area contributed by atoms with Gasteiger partial charge in [0.15, 0.2) is 0 Å². The van der Waals surface area contributed by atoms with Crippen molar-refractivity contribution >= 4 is 11.7 Å². The third-order valence-corrected chi connectivity index (χ3v) is 4.23.